The van der Waals surface area contributed by atoms with E-state index in [9.17, 15) is 14.9 Å². The molecule has 190 valence electrons. The molecule has 1 saturated carbocycles. The molecule has 8 nitrogen and oxygen atoms in total. The maximum Gasteiger partial charge on any atom is 0.265 e. The molecule has 2 fully saturated rings. The predicted octanol–water partition coefficient (Wildman–Crippen LogP) is 4.31. The summed E-state index contributed by atoms with van der Waals surface area (Å²) < 4.78 is 8.27. The minimum atomic E-state index is -0.646. The Bertz CT molecular complexity index is 1180. The summed E-state index contributed by atoms with van der Waals surface area (Å²) in [6, 6.07) is 10.2. The molecule has 1 aromatic carbocycles. The van der Waals surface area contributed by atoms with Crippen molar-refractivity contribution < 1.29 is 14.3 Å². The molecule has 1 unspecified atom stereocenters. The minimum Gasteiger partial charge on any atom is -0.477 e. The lowest BCUT2D eigenvalue weighted by Crippen LogP contribution is -2.52. The summed E-state index contributed by atoms with van der Waals surface area (Å²) in [6.07, 6.45) is 6.97. The molecule has 1 atom stereocenters. The summed E-state index contributed by atoms with van der Waals surface area (Å²) in [7, 11) is 0. The molecule has 2 aliphatic heterocycles. The van der Waals surface area contributed by atoms with Crippen molar-refractivity contribution in [2.24, 2.45) is 0 Å². The van der Waals surface area contributed by atoms with Crippen LogP contribution in [0.2, 0.25) is 0 Å². The highest BCUT2D eigenvalue weighted by Gasteiger charge is 2.35. The molecule has 8 heteroatoms. The number of hydrogen-bond donors (Lipinski definition) is 1. The third-order valence-electron chi connectivity index (χ3n) is 7.96. The lowest BCUT2D eigenvalue weighted by Gasteiger charge is -2.38. The van der Waals surface area contributed by atoms with Gasteiger partial charge in [-0.05, 0) is 63.6 Å². The number of rotatable bonds is 5. The van der Waals surface area contributed by atoms with Gasteiger partial charge in [-0.2, -0.15) is 5.26 Å². The van der Waals surface area contributed by atoms with Crippen LogP contribution in [0.15, 0.2) is 24.3 Å². The number of nitrogens with zero attached hydrogens (tertiary/aromatic N) is 4. The highest BCUT2D eigenvalue weighted by atomic mass is 16.5. The Hall–Kier alpha value is -3.47. The van der Waals surface area contributed by atoms with E-state index in [1.54, 1.807) is 0 Å². The van der Waals surface area contributed by atoms with Crippen LogP contribution in [0.5, 0.6) is 5.75 Å². The first-order valence-electron chi connectivity index (χ1n) is 13.2. The van der Waals surface area contributed by atoms with Crippen molar-refractivity contribution in [1.29, 1.82) is 5.26 Å². The lowest BCUT2D eigenvalue weighted by molar-refractivity contribution is -0.139. The Morgan fingerprint density at radius 2 is 1.81 bits per heavy atom. The van der Waals surface area contributed by atoms with E-state index in [0.29, 0.717) is 29.7 Å². The number of fused-ring (bicyclic) bond motifs is 1. The number of nitrogens with one attached hydrogen (secondary N) is 1. The molecular formula is C28H35N5O3. The van der Waals surface area contributed by atoms with Gasteiger partial charge in [0, 0.05) is 24.8 Å². The fourth-order valence-electron chi connectivity index (χ4n) is 5.95. The van der Waals surface area contributed by atoms with Gasteiger partial charge in [-0.15, -0.1) is 0 Å². The summed E-state index contributed by atoms with van der Waals surface area (Å²) in [4.78, 5) is 30.5. The average Bonchev–Trinajstić information content (AvgIpc) is 3.50. The first kappa shape index (κ1) is 24.2. The third kappa shape index (κ3) is 4.55. The second-order valence-corrected chi connectivity index (χ2v) is 10.2. The number of ether oxygens (including phenoxy) is 1. The average molecular weight is 490 g/mol. The van der Waals surface area contributed by atoms with Crippen LogP contribution in [0.1, 0.15) is 67.8 Å². The van der Waals surface area contributed by atoms with E-state index in [2.05, 4.69) is 16.0 Å². The lowest BCUT2D eigenvalue weighted by atomic mass is 10.1. The largest absolute Gasteiger partial charge is 0.477 e. The molecule has 0 bridgehead atoms. The molecule has 3 heterocycles. The molecule has 1 N–H and O–H groups in total. The van der Waals surface area contributed by atoms with Gasteiger partial charge in [0.2, 0.25) is 5.91 Å². The number of amides is 2. The molecule has 5 rings (SSSR count). The number of benzene rings is 1. The van der Waals surface area contributed by atoms with Crippen LogP contribution < -0.4 is 15.0 Å². The Morgan fingerprint density at radius 1 is 1.08 bits per heavy atom. The number of anilines is 2. The predicted molar refractivity (Wildman–Crippen MR) is 138 cm³/mol. The van der Waals surface area contributed by atoms with E-state index in [4.69, 9.17) is 4.74 Å². The molecule has 3 aliphatic rings. The summed E-state index contributed by atoms with van der Waals surface area (Å²) >= 11 is 0. The van der Waals surface area contributed by atoms with Crippen LogP contribution in [-0.2, 0) is 9.59 Å². The van der Waals surface area contributed by atoms with Crippen molar-refractivity contribution in [2.75, 3.05) is 36.4 Å². The summed E-state index contributed by atoms with van der Waals surface area (Å²) in [6.45, 7) is 5.88. The van der Waals surface area contributed by atoms with E-state index < -0.39 is 6.10 Å². The normalized spacial score (nSPS) is 20.0. The van der Waals surface area contributed by atoms with Gasteiger partial charge < -0.3 is 24.4 Å². The van der Waals surface area contributed by atoms with Crippen LogP contribution in [0, 0.1) is 25.2 Å². The van der Waals surface area contributed by atoms with Gasteiger partial charge >= 0.3 is 0 Å². The van der Waals surface area contributed by atoms with Crippen molar-refractivity contribution in [3.05, 3.63) is 41.1 Å². The number of para-hydroxylation sites is 2. The number of piperidine rings is 1. The summed E-state index contributed by atoms with van der Waals surface area (Å²) in [5, 5.41) is 13.0. The van der Waals surface area contributed by atoms with Crippen molar-refractivity contribution in [2.45, 2.75) is 70.9 Å². The molecule has 1 saturated heterocycles. The number of nitriles is 1. The van der Waals surface area contributed by atoms with Gasteiger partial charge in [0.25, 0.3) is 5.91 Å². The maximum atomic E-state index is 13.4. The molecule has 1 aromatic heterocycles. The van der Waals surface area contributed by atoms with Gasteiger partial charge in [0.1, 0.15) is 17.6 Å². The highest BCUT2D eigenvalue weighted by Crippen LogP contribution is 2.38. The molecule has 2 aromatic rings. The molecule has 0 radical (unpaired) electrons. The smallest absolute Gasteiger partial charge is 0.265 e. The first-order valence-corrected chi connectivity index (χ1v) is 13.2. The van der Waals surface area contributed by atoms with Crippen LogP contribution >= 0.6 is 0 Å². The number of hydrogen-bond acceptors (Lipinski definition) is 5. The van der Waals surface area contributed by atoms with Crippen molar-refractivity contribution >= 4 is 23.3 Å². The van der Waals surface area contributed by atoms with Crippen LogP contribution in [0.3, 0.4) is 0 Å². The van der Waals surface area contributed by atoms with Crippen molar-refractivity contribution in [3.63, 3.8) is 0 Å². The van der Waals surface area contributed by atoms with Crippen LogP contribution in [-0.4, -0.2) is 53.6 Å². The Labute approximate surface area is 212 Å². The Balaban J connectivity index is 1.37. The molecule has 2 amide bonds. The van der Waals surface area contributed by atoms with Gasteiger partial charge in [0.15, 0.2) is 6.10 Å². The Kier molecular flexibility index (Phi) is 6.90. The molecule has 0 spiro atoms. The zero-order valence-corrected chi connectivity index (χ0v) is 21.3. The van der Waals surface area contributed by atoms with E-state index in [1.165, 1.54) is 0 Å². The summed E-state index contributed by atoms with van der Waals surface area (Å²) in [5.41, 5.74) is 3.30. The topological polar surface area (TPSA) is 90.6 Å². The fourth-order valence-corrected chi connectivity index (χ4v) is 5.95. The number of carbonyl (C=O) groups is 2. The van der Waals surface area contributed by atoms with Gasteiger partial charge in [-0.3, -0.25) is 9.59 Å². The van der Waals surface area contributed by atoms with Gasteiger partial charge in [0.05, 0.1) is 24.3 Å². The second kappa shape index (κ2) is 10.3. The van der Waals surface area contributed by atoms with E-state index >= 15 is 0 Å². The van der Waals surface area contributed by atoms with Crippen LogP contribution in [0.4, 0.5) is 11.5 Å². The van der Waals surface area contributed by atoms with Crippen molar-refractivity contribution in [1.82, 2.24) is 9.47 Å². The maximum absolute atomic E-state index is 13.4. The number of carbonyl (C=O) groups excluding carboxylic acids is 2. The van der Waals surface area contributed by atoms with E-state index in [1.807, 2.05) is 47.9 Å². The number of likely N-dealkylation sites (tertiary alicyclic amines) is 1. The zero-order valence-electron chi connectivity index (χ0n) is 21.3. The SMILES string of the molecule is Cc1c(C#N)c(NC(=O)CN2CC(C(=O)N3CCCCC3)Oc3ccccc32)n(C2CCCC2)c1C. The Morgan fingerprint density at radius 3 is 2.53 bits per heavy atom. The number of aromatic nitrogens is 1. The van der Waals surface area contributed by atoms with Gasteiger partial charge in [-0.25, -0.2) is 0 Å². The standard InChI is InChI=1S/C28H35N5O3/c1-19-20(2)33(21-10-4-5-11-21)27(22(19)16-29)30-26(34)18-32-17-25(28(35)31-14-8-3-9-15-31)36-24-13-7-6-12-23(24)32/h6-7,12-13,21,25H,3-5,8-11,14-15,17-18H2,1-2H3,(H,30,34). The van der Waals surface area contributed by atoms with Gasteiger partial charge in [-0.1, -0.05) is 25.0 Å². The second-order valence-electron chi connectivity index (χ2n) is 10.2. The molecule has 1 aliphatic carbocycles. The van der Waals surface area contributed by atoms with E-state index in [-0.39, 0.29) is 18.4 Å². The summed E-state index contributed by atoms with van der Waals surface area (Å²) in [5.74, 6) is 1.00. The highest BCUT2D eigenvalue weighted by molar-refractivity contribution is 5.95. The van der Waals surface area contributed by atoms with E-state index in [0.717, 1.165) is 75.0 Å². The van der Waals surface area contributed by atoms with Crippen molar-refractivity contribution in [3.8, 4) is 11.8 Å². The fraction of sp³-hybridized carbons (Fsp3) is 0.536. The zero-order chi connectivity index (χ0) is 25.2. The third-order valence-corrected chi connectivity index (χ3v) is 7.96. The molecule has 36 heavy (non-hydrogen) atoms. The first-order chi connectivity index (χ1) is 17.5. The van der Waals surface area contributed by atoms with Crippen LogP contribution in [0.25, 0.3) is 0 Å². The monoisotopic (exact) mass is 489 g/mol. The molecular weight excluding hydrogens is 454 g/mol. The quantitative estimate of drug-likeness (QED) is 0.676. The minimum absolute atomic E-state index is 0.0114.